The van der Waals surface area contributed by atoms with Crippen LogP contribution in [0.1, 0.15) is 0 Å². The molecule has 0 fully saturated rings. The van der Waals surface area contributed by atoms with Crippen LogP contribution in [-0.2, 0) is 6.54 Å². The molecule has 4 aromatic rings. The van der Waals surface area contributed by atoms with Crippen molar-refractivity contribution in [3.8, 4) is 16.9 Å². The van der Waals surface area contributed by atoms with Gasteiger partial charge in [0.2, 0.25) is 0 Å². The lowest BCUT2D eigenvalue weighted by Crippen LogP contribution is -2.28. The summed E-state index contributed by atoms with van der Waals surface area (Å²) >= 11 is 0. The third-order valence-corrected chi connectivity index (χ3v) is 4.29. The molecule has 0 aliphatic carbocycles. The molecule has 3 aromatic heterocycles. The zero-order valence-corrected chi connectivity index (χ0v) is 14.4. The Balaban J connectivity index is 2.13. The standard InChI is InChI=1S/C18H11F3N4O4/c19-18(20,21)8-25-13-5-10(9-1-3-22-4-2-9)14(29-17(27)28)6-11(13)15-12(16(25)26)7-23-24-15/h1-7H,8H2,(H,23,24)(H,27,28). The molecular formula is C18H11F3N4O4. The molecule has 0 amide bonds. The monoisotopic (exact) mass is 404 g/mol. The fourth-order valence-electron chi connectivity index (χ4n) is 3.17. The van der Waals surface area contributed by atoms with E-state index in [4.69, 9.17) is 9.84 Å². The van der Waals surface area contributed by atoms with E-state index in [1.54, 1.807) is 0 Å². The number of nitrogens with one attached hydrogen (secondary N) is 1. The fraction of sp³-hybridized carbons (Fsp3) is 0.111. The quantitative estimate of drug-likeness (QED) is 0.399. The molecular weight excluding hydrogens is 393 g/mol. The molecule has 8 nitrogen and oxygen atoms in total. The van der Waals surface area contributed by atoms with E-state index in [-0.39, 0.29) is 33.1 Å². The minimum Gasteiger partial charge on any atom is -0.449 e. The molecule has 0 aliphatic heterocycles. The second-order valence-electron chi connectivity index (χ2n) is 6.12. The summed E-state index contributed by atoms with van der Waals surface area (Å²) in [5.41, 5.74) is -0.179. The Bertz CT molecular complexity index is 1300. The Morgan fingerprint density at radius 2 is 1.93 bits per heavy atom. The minimum atomic E-state index is -4.65. The number of ether oxygens (including phenoxy) is 1. The van der Waals surface area contributed by atoms with Gasteiger partial charge in [-0.1, -0.05) is 0 Å². The smallest absolute Gasteiger partial charge is 0.449 e. The predicted octanol–water partition coefficient (Wildman–Crippen LogP) is 3.56. The molecule has 148 valence electrons. The van der Waals surface area contributed by atoms with Crippen molar-refractivity contribution in [2.75, 3.05) is 0 Å². The summed E-state index contributed by atoms with van der Waals surface area (Å²) in [6, 6.07) is 5.61. The Morgan fingerprint density at radius 1 is 1.21 bits per heavy atom. The maximum atomic E-state index is 13.2. The molecule has 1 aromatic carbocycles. The van der Waals surface area contributed by atoms with Crippen LogP contribution >= 0.6 is 0 Å². The van der Waals surface area contributed by atoms with Crippen molar-refractivity contribution in [2.45, 2.75) is 12.7 Å². The minimum absolute atomic E-state index is 0.0558. The van der Waals surface area contributed by atoms with Gasteiger partial charge in [-0.05, 0) is 29.8 Å². The van der Waals surface area contributed by atoms with E-state index in [0.717, 1.165) is 0 Å². The number of fused-ring (bicyclic) bond motifs is 3. The second-order valence-corrected chi connectivity index (χ2v) is 6.12. The van der Waals surface area contributed by atoms with Crippen LogP contribution in [0.15, 0.2) is 47.7 Å². The average molecular weight is 404 g/mol. The van der Waals surface area contributed by atoms with Gasteiger partial charge in [-0.15, -0.1) is 0 Å². The van der Waals surface area contributed by atoms with Crippen LogP contribution < -0.4 is 10.3 Å². The van der Waals surface area contributed by atoms with E-state index in [2.05, 4.69) is 15.2 Å². The Hall–Kier alpha value is -3.89. The number of hydrogen-bond acceptors (Lipinski definition) is 5. The van der Waals surface area contributed by atoms with E-state index in [1.807, 2.05) is 0 Å². The number of H-pyrrole nitrogens is 1. The number of nitrogens with zero attached hydrogens (tertiary/aromatic N) is 3. The van der Waals surface area contributed by atoms with Gasteiger partial charge in [0.1, 0.15) is 17.8 Å². The summed E-state index contributed by atoms with van der Waals surface area (Å²) in [7, 11) is 0. The van der Waals surface area contributed by atoms with Crippen LogP contribution in [0.5, 0.6) is 5.75 Å². The fourth-order valence-corrected chi connectivity index (χ4v) is 3.17. The van der Waals surface area contributed by atoms with Gasteiger partial charge in [0.15, 0.2) is 0 Å². The summed E-state index contributed by atoms with van der Waals surface area (Å²) in [5.74, 6) is -0.113. The lowest BCUT2D eigenvalue weighted by molar-refractivity contribution is -0.140. The lowest BCUT2D eigenvalue weighted by atomic mass is 10.0. The summed E-state index contributed by atoms with van der Waals surface area (Å²) in [5, 5.41) is 15.5. The van der Waals surface area contributed by atoms with Gasteiger partial charge >= 0.3 is 12.3 Å². The number of carbonyl (C=O) groups is 1. The van der Waals surface area contributed by atoms with E-state index >= 15 is 0 Å². The zero-order chi connectivity index (χ0) is 20.8. The first-order valence-corrected chi connectivity index (χ1v) is 8.16. The first kappa shape index (κ1) is 18.5. The highest BCUT2D eigenvalue weighted by molar-refractivity contribution is 6.05. The number of alkyl halides is 3. The van der Waals surface area contributed by atoms with Crippen LogP contribution in [0.4, 0.5) is 18.0 Å². The third-order valence-electron chi connectivity index (χ3n) is 4.29. The van der Waals surface area contributed by atoms with Crippen molar-refractivity contribution in [1.29, 1.82) is 0 Å². The highest BCUT2D eigenvalue weighted by Crippen LogP contribution is 2.36. The van der Waals surface area contributed by atoms with Crippen LogP contribution in [-0.4, -0.2) is 37.2 Å². The molecule has 0 saturated heterocycles. The molecule has 0 spiro atoms. The maximum Gasteiger partial charge on any atom is 0.511 e. The average Bonchev–Trinajstić information content (AvgIpc) is 3.14. The molecule has 29 heavy (non-hydrogen) atoms. The Morgan fingerprint density at radius 3 is 2.59 bits per heavy atom. The van der Waals surface area contributed by atoms with Crippen LogP contribution in [0.25, 0.3) is 32.9 Å². The van der Waals surface area contributed by atoms with Crippen molar-refractivity contribution in [1.82, 2.24) is 19.7 Å². The molecule has 0 atom stereocenters. The van der Waals surface area contributed by atoms with Crippen LogP contribution in [0, 0.1) is 0 Å². The highest BCUT2D eigenvalue weighted by Gasteiger charge is 2.30. The van der Waals surface area contributed by atoms with Crippen molar-refractivity contribution >= 4 is 28.0 Å². The van der Waals surface area contributed by atoms with Gasteiger partial charge < -0.3 is 9.84 Å². The van der Waals surface area contributed by atoms with Crippen LogP contribution in [0.3, 0.4) is 0 Å². The third kappa shape index (κ3) is 3.37. The molecule has 2 N–H and O–H groups in total. The van der Waals surface area contributed by atoms with E-state index in [0.29, 0.717) is 10.1 Å². The molecule has 11 heteroatoms. The van der Waals surface area contributed by atoms with Crippen molar-refractivity contribution in [2.24, 2.45) is 0 Å². The number of pyridine rings is 2. The molecule has 0 radical (unpaired) electrons. The second kappa shape index (κ2) is 6.62. The normalized spacial score (nSPS) is 11.8. The Labute approximate surface area is 159 Å². The van der Waals surface area contributed by atoms with Gasteiger partial charge in [0.05, 0.1) is 10.9 Å². The molecule has 4 rings (SSSR count). The van der Waals surface area contributed by atoms with Crippen molar-refractivity contribution in [3.05, 3.63) is 53.2 Å². The van der Waals surface area contributed by atoms with Crippen molar-refractivity contribution in [3.63, 3.8) is 0 Å². The van der Waals surface area contributed by atoms with Gasteiger partial charge in [-0.25, -0.2) is 4.79 Å². The first-order chi connectivity index (χ1) is 13.7. The SMILES string of the molecule is O=C(O)Oc1cc2c3n[nH]cc3c(=O)n(CC(F)(F)F)c2cc1-c1ccncc1. The first-order valence-electron chi connectivity index (χ1n) is 8.16. The summed E-state index contributed by atoms with van der Waals surface area (Å²) < 4.78 is 44.9. The predicted molar refractivity (Wildman–Crippen MR) is 95.8 cm³/mol. The number of rotatable bonds is 3. The van der Waals surface area contributed by atoms with E-state index in [9.17, 15) is 22.8 Å². The molecule has 0 unspecified atom stereocenters. The Kier molecular flexibility index (Phi) is 4.22. The summed E-state index contributed by atoms with van der Waals surface area (Å²) in [6.07, 6.45) is -2.19. The molecule has 0 saturated carbocycles. The van der Waals surface area contributed by atoms with Crippen molar-refractivity contribution < 1.29 is 27.8 Å². The van der Waals surface area contributed by atoms with Crippen LogP contribution in [0.2, 0.25) is 0 Å². The number of benzene rings is 1. The summed E-state index contributed by atoms with van der Waals surface area (Å²) in [6.45, 7) is -1.52. The maximum absolute atomic E-state index is 13.2. The topological polar surface area (TPSA) is 110 Å². The van der Waals surface area contributed by atoms with Gasteiger partial charge in [-0.2, -0.15) is 18.3 Å². The lowest BCUT2D eigenvalue weighted by Gasteiger charge is -2.16. The molecule has 0 bridgehead atoms. The largest absolute Gasteiger partial charge is 0.511 e. The highest BCUT2D eigenvalue weighted by atomic mass is 19.4. The van der Waals surface area contributed by atoms with Gasteiger partial charge in [0, 0.05) is 29.5 Å². The number of aromatic amines is 1. The summed E-state index contributed by atoms with van der Waals surface area (Å²) in [4.78, 5) is 27.7. The number of halogens is 3. The molecule has 0 aliphatic rings. The zero-order valence-electron chi connectivity index (χ0n) is 14.4. The number of hydrogen-bond donors (Lipinski definition) is 2. The van der Waals surface area contributed by atoms with E-state index < -0.39 is 24.4 Å². The van der Waals surface area contributed by atoms with Gasteiger partial charge in [0.25, 0.3) is 5.56 Å². The number of aromatic nitrogens is 4. The molecule has 3 heterocycles. The number of carboxylic acid groups (broad SMARTS) is 1. The van der Waals surface area contributed by atoms with E-state index in [1.165, 1.54) is 42.9 Å². The van der Waals surface area contributed by atoms with Gasteiger partial charge in [-0.3, -0.25) is 19.4 Å².